The Labute approximate surface area is 233 Å². The first-order valence-corrected chi connectivity index (χ1v) is 13.0. The fourth-order valence-electron chi connectivity index (χ4n) is 4.50. The molecule has 0 spiro atoms. The van der Waals surface area contributed by atoms with Crippen LogP contribution < -0.4 is 15.8 Å². The maximum Gasteiger partial charge on any atom is 0.282 e. The third-order valence-electron chi connectivity index (χ3n) is 6.62. The third-order valence-corrected chi connectivity index (χ3v) is 7.17. The summed E-state index contributed by atoms with van der Waals surface area (Å²) in [5, 5.41) is 8.52. The minimum Gasteiger partial charge on any atom is -0.369 e. The molecule has 39 heavy (non-hydrogen) atoms. The molecule has 6 rings (SSSR count). The molecule has 1 aliphatic heterocycles. The Morgan fingerprint density at radius 2 is 1.56 bits per heavy atom. The standard InChI is InChI=1S/C27H23Cl2N9O/c1-36-10-12-37(13-11-36)19-4-2-18(3-5-19)33-27-32-14-20-24(34-27)23(17-6-8-30-9-7-17)35-38(26(20)39)25-21(28)15-31-16-22(25)29/h2-9,14-16H,10-13H2,1H3,(H,32,33,34). The van der Waals surface area contributed by atoms with Gasteiger partial charge < -0.3 is 15.1 Å². The quantitative estimate of drug-likeness (QED) is 0.334. The average Bonchev–Trinajstić information content (AvgIpc) is 2.95. The van der Waals surface area contributed by atoms with E-state index in [1.807, 2.05) is 12.1 Å². The summed E-state index contributed by atoms with van der Waals surface area (Å²) in [6.45, 7) is 4.07. The van der Waals surface area contributed by atoms with Crippen LogP contribution in [0.4, 0.5) is 17.3 Å². The number of pyridine rings is 2. The van der Waals surface area contributed by atoms with Crippen LogP contribution in [0.3, 0.4) is 0 Å². The van der Waals surface area contributed by atoms with Crippen LogP contribution in [0.5, 0.6) is 0 Å². The molecule has 0 saturated carbocycles. The van der Waals surface area contributed by atoms with Gasteiger partial charge in [0.2, 0.25) is 5.95 Å². The number of piperazine rings is 1. The van der Waals surface area contributed by atoms with Gasteiger partial charge in [0.1, 0.15) is 16.9 Å². The molecule has 1 saturated heterocycles. The minimum absolute atomic E-state index is 0.191. The lowest BCUT2D eigenvalue weighted by Crippen LogP contribution is -2.44. The number of aromatic nitrogens is 6. The summed E-state index contributed by atoms with van der Waals surface area (Å²) in [6.07, 6.45) is 7.59. The van der Waals surface area contributed by atoms with Crippen LogP contribution in [0.1, 0.15) is 0 Å². The number of likely N-dealkylation sites (N-methyl/N-ethyl adjacent to an activating group) is 1. The molecular formula is C27H23Cl2N9O. The minimum atomic E-state index is -0.458. The molecular weight excluding hydrogens is 537 g/mol. The van der Waals surface area contributed by atoms with Gasteiger partial charge in [-0.2, -0.15) is 9.78 Å². The number of hydrogen-bond acceptors (Lipinski definition) is 9. The zero-order valence-corrected chi connectivity index (χ0v) is 22.4. The van der Waals surface area contributed by atoms with Crippen molar-refractivity contribution in [2.45, 2.75) is 0 Å². The summed E-state index contributed by atoms with van der Waals surface area (Å²) in [5.74, 6) is 0.337. The van der Waals surface area contributed by atoms with Crippen molar-refractivity contribution in [1.82, 2.24) is 34.6 Å². The maximum atomic E-state index is 13.5. The highest BCUT2D eigenvalue weighted by Gasteiger charge is 2.20. The smallest absolute Gasteiger partial charge is 0.282 e. The molecule has 12 heteroatoms. The van der Waals surface area contributed by atoms with E-state index in [0.717, 1.165) is 36.5 Å². The van der Waals surface area contributed by atoms with Crippen LogP contribution in [-0.4, -0.2) is 67.8 Å². The van der Waals surface area contributed by atoms with Crippen molar-refractivity contribution in [3.8, 4) is 16.9 Å². The Morgan fingerprint density at radius 1 is 0.872 bits per heavy atom. The van der Waals surface area contributed by atoms with Crippen molar-refractivity contribution in [2.24, 2.45) is 0 Å². The summed E-state index contributed by atoms with van der Waals surface area (Å²) >= 11 is 12.7. The normalized spacial score (nSPS) is 14.1. The first kappa shape index (κ1) is 25.2. The average molecular weight is 560 g/mol. The van der Waals surface area contributed by atoms with Gasteiger partial charge in [-0.1, -0.05) is 23.2 Å². The van der Waals surface area contributed by atoms with Gasteiger partial charge in [-0.3, -0.25) is 14.8 Å². The van der Waals surface area contributed by atoms with Crippen molar-refractivity contribution < 1.29 is 0 Å². The summed E-state index contributed by atoms with van der Waals surface area (Å²) in [5.41, 5.74) is 3.33. The molecule has 0 bridgehead atoms. The van der Waals surface area contributed by atoms with Gasteiger partial charge in [0.25, 0.3) is 5.56 Å². The molecule has 0 aliphatic carbocycles. The Kier molecular flexibility index (Phi) is 6.82. The van der Waals surface area contributed by atoms with E-state index in [1.54, 1.807) is 24.5 Å². The number of anilines is 3. The Bertz CT molecular complexity index is 1680. The molecule has 0 radical (unpaired) electrons. The highest BCUT2D eigenvalue weighted by molar-refractivity contribution is 6.37. The molecule has 1 aliphatic rings. The van der Waals surface area contributed by atoms with E-state index in [2.05, 4.69) is 54.3 Å². The van der Waals surface area contributed by atoms with E-state index in [0.29, 0.717) is 22.7 Å². The number of rotatable bonds is 5. The lowest BCUT2D eigenvalue weighted by Gasteiger charge is -2.34. The van der Waals surface area contributed by atoms with Gasteiger partial charge in [-0.05, 0) is 43.4 Å². The van der Waals surface area contributed by atoms with Crippen LogP contribution in [-0.2, 0) is 0 Å². The fourth-order valence-corrected chi connectivity index (χ4v) is 5.02. The summed E-state index contributed by atoms with van der Waals surface area (Å²) in [7, 11) is 2.14. The molecule has 0 amide bonds. The summed E-state index contributed by atoms with van der Waals surface area (Å²) in [6, 6.07) is 11.7. The molecule has 1 aromatic carbocycles. The molecule has 0 unspecified atom stereocenters. The van der Waals surface area contributed by atoms with Crippen LogP contribution >= 0.6 is 23.2 Å². The molecule has 5 heterocycles. The highest BCUT2D eigenvalue weighted by Crippen LogP contribution is 2.29. The maximum absolute atomic E-state index is 13.5. The van der Waals surface area contributed by atoms with E-state index >= 15 is 0 Å². The number of nitrogens with zero attached hydrogens (tertiary/aromatic N) is 8. The van der Waals surface area contributed by atoms with Crippen LogP contribution in [0.2, 0.25) is 10.0 Å². The Morgan fingerprint density at radius 3 is 2.26 bits per heavy atom. The second-order valence-corrected chi connectivity index (χ2v) is 9.99. The van der Waals surface area contributed by atoms with Crippen molar-refractivity contribution in [2.75, 3.05) is 43.4 Å². The van der Waals surface area contributed by atoms with Gasteiger partial charge in [0.15, 0.2) is 0 Å². The van der Waals surface area contributed by atoms with Crippen molar-refractivity contribution >= 4 is 51.4 Å². The molecule has 10 nitrogen and oxygen atoms in total. The van der Waals surface area contributed by atoms with Gasteiger partial charge in [-0.15, -0.1) is 0 Å². The van der Waals surface area contributed by atoms with Gasteiger partial charge >= 0.3 is 0 Å². The van der Waals surface area contributed by atoms with Gasteiger partial charge in [0.05, 0.1) is 15.4 Å². The highest BCUT2D eigenvalue weighted by atomic mass is 35.5. The number of nitrogens with one attached hydrogen (secondary N) is 1. The van der Waals surface area contributed by atoms with Gasteiger partial charge in [-0.25, -0.2) is 9.97 Å². The monoisotopic (exact) mass is 559 g/mol. The lowest BCUT2D eigenvalue weighted by molar-refractivity contribution is 0.313. The van der Waals surface area contributed by atoms with E-state index in [-0.39, 0.29) is 21.1 Å². The number of fused-ring (bicyclic) bond motifs is 1. The van der Waals surface area contributed by atoms with E-state index in [4.69, 9.17) is 28.2 Å². The van der Waals surface area contributed by atoms with E-state index < -0.39 is 5.56 Å². The molecule has 1 N–H and O–H groups in total. The van der Waals surface area contributed by atoms with E-state index in [1.165, 1.54) is 24.3 Å². The zero-order valence-electron chi connectivity index (χ0n) is 20.9. The summed E-state index contributed by atoms with van der Waals surface area (Å²) in [4.78, 5) is 35.4. The zero-order chi connectivity index (χ0) is 26.9. The summed E-state index contributed by atoms with van der Waals surface area (Å²) < 4.78 is 1.16. The van der Waals surface area contributed by atoms with E-state index in [9.17, 15) is 4.79 Å². The predicted molar refractivity (Wildman–Crippen MR) is 153 cm³/mol. The third kappa shape index (κ3) is 5.01. The fraction of sp³-hybridized carbons (Fsp3) is 0.185. The Balaban J connectivity index is 1.40. The lowest BCUT2D eigenvalue weighted by atomic mass is 10.1. The first-order valence-electron chi connectivity index (χ1n) is 12.3. The predicted octanol–water partition coefficient (Wildman–Crippen LogP) is 4.43. The topological polar surface area (TPSA) is 105 Å². The first-order chi connectivity index (χ1) is 19.0. The van der Waals surface area contributed by atoms with Crippen LogP contribution in [0, 0.1) is 0 Å². The molecule has 4 aromatic heterocycles. The van der Waals surface area contributed by atoms with Crippen molar-refractivity contribution in [1.29, 1.82) is 0 Å². The molecule has 196 valence electrons. The SMILES string of the molecule is CN1CCN(c2ccc(Nc3ncc4c(=O)n(-c5c(Cl)cncc5Cl)nc(-c5ccncc5)c4n3)cc2)CC1. The number of hydrogen-bond donors (Lipinski definition) is 1. The largest absolute Gasteiger partial charge is 0.369 e. The molecule has 1 fully saturated rings. The number of benzene rings is 1. The Hall–Kier alpha value is -4.12. The van der Waals surface area contributed by atoms with Crippen LogP contribution in [0.25, 0.3) is 27.8 Å². The second kappa shape index (κ2) is 10.6. The van der Waals surface area contributed by atoms with Crippen molar-refractivity contribution in [3.63, 3.8) is 0 Å². The molecule has 0 atom stereocenters. The molecule has 5 aromatic rings. The van der Waals surface area contributed by atoms with Crippen LogP contribution in [0.15, 0.2) is 72.2 Å². The van der Waals surface area contributed by atoms with Crippen molar-refractivity contribution in [3.05, 3.63) is 87.8 Å². The second-order valence-electron chi connectivity index (χ2n) is 9.17. The van der Waals surface area contributed by atoms with Gasteiger partial charge in [0, 0.05) is 74.1 Å². The number of halogens is 2.